The Kier molecular flexibility index (Phi) is 4.40. The highest BCUT2D eigenvalue weighted by molar-refractivity contribution is 5.72. The van der Waals surface area contributed by atoms with Crippen LogP contribution in [0.2, 0.25) is 0 Å². The van der Waals surface area contributed by atoms with E-state index in [9.17, 15) is 4.79 Å². The number of carbonyl (C=O) groups excluding carboxylic acids is 1. The summed E-state index contributed by atoms with van der Waals surface area (Å²) in [6.07, 6.45) is 6.82. The van der Waals surface area contributed by atoms with Gasteiger partial charge < -0.3 is 9.47 Å². The van der Waals surface area contributed by atoms with Crippen molar-refractivity contribution in [3.05, 3.63) is 42.0 Å². The highest BCUT2D eigenvalue weighted by atomic mass is 16.5. The fourth-order valence-corrected chi connectivity index (χ4v) is 2.10. The molecule has 2 rings (SSSR count). The number of para-hydroxylation sites is 1. The summed E-state index contributed by atoms with van der Waals surface area (Å²) in [4.78, 5) is 11.9. The molecule has 1 aromatic rings. The first-order chi connectivity index (χ1) is 8.81. The summed E-state index contributed by atoms with van der Waals surface area (Å²) in [5.41, 5.74) is 0.903. The van der Waals surface area contributed by atoms with E-state index in [1.54, 1.807) is 7.11 Å². The number of ether oxygens (including phenoxy) is 2. The van der Waals surface area contributed by atoms with Gasteiger partial charge in [0.15, 0.2) is 0 Å². The second kappa shape index (κ2) is 6.24. The number of rotatable bonds is 4. The molecular formula is C15H18O3. The molecule has 1 aromatic carbocycles. The summed E-state index contributed by atoms with van der Waals surface area (Å²) in [7, 11) is 1.62. The van der Waals surface area contributed by atoms with Crippen LogP contribution in [-0.2, 0) is 16.1 Å². The maximum absolute atomic E-state index is 11.9. The summed E-state index contributed by atoms with van der Waals surface area (Å²) in [5.74, 6) is 0.670. The van der Waals surface area contributed by atoms with E-state index in [1.807, 2.05) is 24.3 Å². The van der Waals surface area contributed by atoms with Crippen molar-refractivity contribution in [1.29, 1.82) is 0 Å². The normalized spacial score (nSPS) is 18.4. The van der Waals surface area contributed by atoms with Crippen molar-refractivity contribution >= 4 is 5.97 Å². The fourth-order valence-electron chi connectivity index (χ4n) is 2.10. The van der Waals surface area contributed by atoms with E-state index in [1.165, 1.54) is 0 Å². The number of hydrogen-bond acceptors (Lipinski definition) is 3. The molecule has 1 aliphatic rings. The van der Waals surface area contributed by atoms with Crippen molar-refractivity contribution in [2.24, 2.45) is 5.92 Å². The van der Waals surface area contributed by atoms with Gasteiger partial charge in [-0.15, -0.1) is 0 Å². The molecule has 0 N–H and O–H groups in total. The molecule has 0 radical (unpaired) electrons. The largest absolute Gasteiger partial charge is 0.496 e. The SMILES string of the molecule is COc1ccccc1COC(=O)C1CC=CCC1. The molecule has 18 heavy (non-hydrogen) atoms. The first kappa shape index (κ1) is 12.7. The lowest BCUT2D eigenvalue weighted by Gasteiger charge is -2.17. The minimum atomic E-state index is -0.106. The van der Waals surface area contributed by atoms with Gasteiger partial charge in [0.25, 0.3) is 0 Å². The van der Waals surface area contributed by atoms with Gasteiger partial charge in [0, 0.05) is 5.56 Å². The van der Waals surface area contributed by atoms with Crippen LogP contribution in [0.3, 0.4) is 0 Å². The predicted molar refractivity (Wildman–Crippen MR) is 69.3 cm³/mol. The third-order valence-corrected chi connectivity index (χ3v) is 3.16. The molecule has 0 bridgehead atoms. The first-order valence-corrected chi connectivity index (χ1v) is 6.25. The molecule has 0 aliphatic heterocycles. The second-order valence-corrected chi connectivity index (χ2v) is 4.40. The van der Waals surface area contributed by atoms with Gasteiger partial charge in [-0.05, 0) is 25.3 Å². The molecule has 1 aliphatic carbocycles. The van der Waals surface area contributed by atoms with Gasteiger partial charge in [0.1, 0.15) is 12.4 Å². The summed E-state index contributed by atoms with van der Waals surface area (Å²) in [6.45, 7) is 0.281. The Morgan fingerprint density at radius 3 is 2.89 bits per heavy atom. The van der Waals surface area contributed by atoms with Crippen molar-refractivity contribution < 1.29 is 14.3 Å². The van der Waals surface area contributed by atoms with Crippen LogP contribution in [0.4, 0.5) is 0 Å². The number of hydrogen-bond donors (Lipinski definition) is 0. The molecule has 0 spiro atoms. The molecule has 0 amide bonds. The maximum Gasteiger partial charge on any atom is 0.309 e. The van der Waals surface area contributed by atoms with Gasteiger partial charge in [-0.3, -0.25) is 4.79 Å². The standard InChI is InChI=1S/C15H18O3/c1-17-14-10-6-5-9-13(14)11-18-15(16)12-7-3-2-4-8-12/h2-3,5-6,9-10,12H,4,7-8,11H2,1H3. The topological polar surface area (TPSA) is 35.5 Å². The molecule has 96 valence electrons. The average molecular weight is 246 g/mol. The van der Waals surface area contributed by atoms with Crippen molar-refractivity contribution in [3.63, 3.8) is 0 Å². The Hall–Kier alpha value is -1.77. The summed E-state index contributed by atoms with van der Waals surface area (Å²) in [6, 6.07) is 7.59. The van der Waals surface area contributed by atoms with E-state index >= 15 is 0 Å². The van der Waals surface area contributed by atoms with Gasteiger partial charge in [-0.25, -0.2) is 0 Å². The van der Waals surface area contributed by atoms with Crippen molar-refractivity contribution in [1.82, 2.24) is 0 Å². The van der Waals surface area contributed by atoms with Gasteiger partial charge >= 0.3 is 5.97 Å². The molecule has 0 fully saturated rings. The molecule has 0 aromatic heterocycles. The van der Waals surface area contributed by atoms with Crippen LogP contribution in [0.1, 0.15) is 24.8 Å². The Bertz CT molecular complexity index is 437. The number of methoxy groups -OCH3 is 1. The van der Waals surface area contributed by atoms with Crippen molar-refractivity contribution in [2.75, 3.05) is 7.11 Å². The minimum absolute atomic E-state index is 0.0182. The van der Waals surface area contributed by atoms with Gasteiger partial charge in [0.05, 0.1) is 13.0 Å². The van der Waals surface area contributed by atoms with Crippen molar-refractivity contribution in [2.45, 2.75) is 25.9 Å². The Balaban J connectivity index is 1.90. The van der Waals surface area contributed by atoms with Gasteiger partial charge in [-0.2, -0.15) is 0 Å². The summed E-state index contributed by atoms with van der Waals surface area (Å²) >= 11 is 0. The number of allylic oxidation sites excluding steroid dienone is 2. The van der Waals surface area contributed by atoms with E-state index in [0.717, 1.165) is 30.6 Å². The van der Waals surface area contributed by atoms with Crippen LogP contribution in [0.5, 0.6) is 5.75 Å². The van der Waals surface area contributed by atoms with Crippen LogP contribution in [-0.4, -0.2) is 13.1 Å². The quantitative estimate of drug-likeness (QED) is 0.605. The van der Waals surface area contributed by atoms with E-state index < -0.39 is 0 Å². The minimum Gasteiger partial charge on any atom is -0.496 e. The highest BCUT2D eigenvalue weighted by Crippen LogP contribution is 2.22. The Labute approximate surface area is 107 Å². The molecule has 0 saturated heterocycles. The Morgan fingerprint density at radius 2 is 2.17 bits per heavy atom. The zero-order valence-corrected chi connectivity index (χ0v) is 10.6. The van der Waals surface area contributed by atoms with Crippen LogP contribution >= 0.6 is 0 Å². The second-order valence-electron chi connectivity index (χ2n) is 4.40. The summed E-state index contributed by atoms with van der Waals surface area (Å²) in [5, 5.41) is 0. The van der Waals surface area contributed by atoms with Gasteiger partial charge in [-0.1, -0.05) is 30.4 Å². The van der Waals surface area contributed by atoms with Crippen LogP contribution < -0.4 is 4.74 Å². The molecule has 0 saturated carbocycles. The number of esters is 1. The lowest BCUT2D eigenvalue weighted by molar-refractivity contribution is -0.150. The summed E-state index contributed by atoms with van der Waals surface area (Å²) < 4.78 is 10.6. The van der Waals surface area contributed by atoms with Crippen molar-refractivity contribution in [3.8, 4) is 5.75 Å². The highest BCUT2D eigenvalue weighted by Gasteiger charge is 2.20. The monoisotopic (exact) mass is 246 g/mol. The average Bonchev–Trinajstić information content (AvgIpc) is 2.46. The zero-order chi connectivity index (χ0) is 12.8. The molecular weight excluding hydrogens is 228 g/mol. The third kappa shape index (κ3) is 3.13. The molecule has 1 unspecified atom stereocenters. The van der Waals surface area contributed by atoms with Crippen LogP contribution in [0.15, 0.2) is 36.4 Å². The Morgan fingerprint density at radius 1 is 1.33 bits per heavy atom. The van der Waals surface area contributed by atoms with E-state index in [2.05, 4.69) is 12.2 Å². The third-order valence-electron chi connectivity index (χ3n) is 3.16. The van der Waals surface area contributed by atoms with E-state index in [-0.39, 0.29) is 18.5 Å². The molecule has 3 nitrogen and oxygen atoms in total. The predicted octanol–water partition coefficient (Wildman–Crippen LogP) is 3.09. The lowest BCUT2D eigenvalue weighted by Crippen LogP contribution is -2.18. The molecule has 0 heterocycles. The maximum atomic E-state index is 11.9. The van der Waals surface area contributed by atoms with Gasteiger partial charge in [0.2, 0.25) is 0 Å². The lowest BCUT2D eigenvalue weighted by atomic mass is 9.95. The number of carbonyl (C=O) groups is 1. The zero-order valence-electron chi connectivity index (χ0n) is 10.6. The first-order valence-electron chi connectivity index (χ1n) is 6.25. The number of benzene rings is 1. The molecule has 1 atom stereocenters. The van der Waals surface area contributed by atoms with E-state index in [0.29, 0.717) is 0 Å². The van der Waals surface area contributed by atoms with E-state index in [4.69, 9.17) is 9.47 Å². The smallest absolute Gasteiger partial charge is 0.309 e. The molecule has 3 heteroatoms. The van der Waals surface area contributed by atoms with Crippen LogP contribution in [0, 0.1) is 5.92 Å². The van der Waals surface area contributed by atoms with Crippen LogP contribution in [0.25, 0.3) is 0 Å². The fraction of sp³-hybridized carbons (Fsp3) is 0.400.